The van der Waals surface area contributed by atoms with Crippen molar-refractivity contribution in [1.82, 2.24) is 5.32 Å². The van der Waals surface area contributed by atoms with Crippen LogP contribution in [0.25, 0.3) is 0 Å². The van der Waals surface area contributed by atoms with E-state index >= 15 is 0 Å². The van der Waals surface area contributed by atoms with Crippen molar-refractivity contribution in [1.29, 1.82) is 0 Å². The second kappa shape index (κ2) is 7.24. The van der Waals surface area contributed by atoms with Gasteiger partial charge in [-0.15, -0.1) is 0 Å². The van der Waals surface area contributed by atoms with Gasteiger partial charge in [-0.2, -0.15) is 0 Å². The SMILES string of the molecule is Cc1ccc(Cc2ccc(N3C(=O)C4C5C=CCC(C6C(=O)NC(=O)C56)C4C3=O)cc2)cc1. The molecular weight excluding hydrogens is 416 g/mol. The molecule has 2 bridgehead atoms. The summed E-state index contributed by atoms with van der Waals surface area (Å²) < 4.78 is 0. The van der Waals surface area contributed by atoms with Gasteiger partial charge in [0.25, 0.3) is 0 Å². The minimum atomic E-state index is -0.591. The first kappa shape index (κ1) is 20.1. The smallest absolute Gasteiger partial charge is 0.238 e. The average molecular weight is 440 g/mol. The molecule has 2 aliphatic heterocycles. The predicted octanol–water partition coefficient (Wildman–Crippen LogP) is 2.79. The molecule has 1 N–H and O–H groups in total. The summed E-state index contributed by atoms with van der Waals surface area (Å²) in [4.78, 5) is 53.4. The Labute approximate surface area is 191 Å². The number of aryl methyl sites for hydroxylation is 1. The minimum absolute atomic E-state index is 0.249. The number of nitrogens with zero attached hydrogens (tertiary/aromatic N) is 1. The van der Waals surface area contributed by atoms with Gasteiger partial charge >= 0.3 is 0 Å². The van der Waals surface area contributed by atoms with E-state index < -0.39 is 29.6 Å². The molecule has 33 heavy (non-hydrogen) atoms. The van der Waals surface area contributed by atoms with E-state index in [1.165, 1.54) is 16.0 Å². The van der Waals surface area contributed by atoms with Crippen LogP contribution in [0.3, 0.4) is 0 Å². The topological polar surface area (TPSA) is 83.6 Å². The van der Waals surface area contributed by atoms with Crippen molar-refractivity contribution in [3.05, 3.63) is 77.4 Å². The van der Waals surface area contributed by atoms with Crippen LogP contribution in [0.2, 0.25) is 0 Å². The summed E-state index contributed by atoms with van der Waals surface area (Å²) in [5.74, 6) is -4.14. The van der Waals surface area contributed by atoms with E-state index in [4.69, 9.17) is 0 Å². The summed E-state index contributed by atoms with van der Waals surface area (Å²) in [5, 5.41) is 2.43. The molecule has 0 aromatic heterocycles. The van der Waals surface area contributed by atoms with E-state index in [-0.39, 0.29) is 29.5 Å². The quantitative estimate of drug-likeness (QED) is 0.588. The number of hydrogen-bond acceptors (Lipinski definition) is 4. The number of allylic oxidation sites excluding steroid dienone is 2. The Morgan fingerprint density at radius 2 is 1.39 bits per heavy atom. The number of carbonyl (C=O) groups excluding carboxylic acids is 4. The summed E-state index contributed by atoms with van der Waals surface area (Å²) in [5.41, 5.74) is 4.05. The van der Waals surface area contributed by atoms with E-state index in [9.17, 15) is 19.2 Å². The maximum atomic E-state index is 13.5. The molecule has 2 saturated heterocycles. The van der Waals surface area contributed by atoms with Gasteiger partial charge in [0.2, 0.25) is 23.6 Å². The van der Waals surface area contributed by atoms with Crippen molar-refractivity contribution in [2.45, 2.75) is 19.8 Å². The molecule has 0 radical (unpaired) electrons. The molecule has 2 aromatic carbocycles. The maximum Gasteiger partial charge on any atom is 0.238 e. The van der Waals surface area contributed by atoms with Crippen LogP contribution in [0.1, 0.15) is 23.1 Å². The third-order valence-electron chi connectivity index (χ3n) is 7.88. The zero-order chi connectivity index (χ0) is 22.9. The first-order valence-corrected chi connectivity index (χ1v) is 11.5. The van der Waals surface area contributed by atoms with E-state index in [2.05, 4.69) is 36.5 Å². The molecule has 3 aliphatic carbocycles. The Kier molecular flexibility index (Phi) is 4.41. The van der Waals surface area contributed by atoms with Gasteiger partial charge in [-0.05, 0) is 48.9 Å². The molecule has 2 aromatic rings. The molecule has 5 aliphatic rings. The highest BCUT2D eigenvalue weighted by molar-refractivity contribution is 6.23. The fourth-order valence-corrected chi connectivity index (χ4v) is 6.39. The van der Waals surface area contributed by atoms with Crippen LogP contribution in [-0.4, -0.2) is 23.6 Å². The lowest BCUT2D eigenvalue weighted by atomic mass is 9.59. The number of rotatable bonds is 3. The molecule has 1 saturated carbocycles. The van der Waals surface area contributed by atoms with Crippen LogP contribution in [0.4, 0.5) is 5.69 Å². The van der Waals surface area contributed by atoms with Crippen molar-refractivity contribution < 1.29 is 19.2 Å². The van der Waals surface area contributed by atoms with E-state index in [0.29, 0.717) is 12.1 Å². The number of benzene rings is 2. The van der Waals surface area contributed by atoms with Crippen molar-refractivity contribution in [2.75, 3.05) is 4.90 Å². The van der Waals surface area contributed by atoms with Gasteiger partial charge < -0.3 is 0 Å². The Morgan fingerprint density at radius 1 is 0.788 bits per heavy atom. The first-order valence-electron chi connectivity index (χ1n) is 11.5. The van der Waals surface area contributed by atoms with Gasteiger partial charge in [0.05, 0.1) is 29.4 Å². The Bertz CT molecular complexity index is 1210. The zero-order valence-corrected chi connectivity index (χ0v) is 18.2. The van der Waals surface area contributed by atoms with Crippen molar-refractivity contribution in [2.24, 2.45) is 35.5 Å². The summed E-state index contributed by atoms with van der Waals surface area (Å²) in [7, 11) is 0. The zero-order valence-electron chi connectivity index (χ0n) is 18.2. The number of anilines is 1. The predicted molar refractivity (Wildman–Crippen MR) is 121 cm³/mol. The number of fused-ring (bicyclic) bond motifs is 1. The Balaban J connectivity index is 1.30. The third kappa shape index (κ3) is 2.93. The van der Waals surface area contributed by atoms with Crippen molar-refractivity contribution in [3.8, 4) is 0 Å². The van der Waals surface area contributed by atoms with Gasteiger partial charge in [-0.25, -0.2) is 0 Å². The highest BCUT2D eigenvalue weighted by Gasteiger charge is 2.66. The first-order chi connectivity index (χ1) is 15.9. The van der Waals surface area contributed by atoms with Gasteiger partial charge in [0.1, 0.15) is 0 Å². The van der Waals surface area contributed by atoms with Gasteiger partial charge in [-0.3, -0.25) is 29.4 Å². The fraction of sp³-hybridized carbons (Fsp3) is 0.333. The summed E-state index contributed by atoms with van der Waals surface area (Å²) in [6.07, 6.45) is 5.13. The standard InChI is InChI=1S/C27H24N2O4/c1-14-5-7-15(8-6-14)13-16-9-11-17(12-10-16)29-26(32)22-18-3-2-4-19(23(22)27(29)33)21-20(18)24(30)28-25(21)31/h2-3,5-12,18-23H,4,13H2,1H3,(H,28,30,31). The number of nitrogens with one attached hydrogen (secondary N) is 1. The highest BCUT2D eigenvalue weighted by Crippen LogP contribution is 2.56. The van der Waals surface area contributed by atoms with E-state index in [1.807, 2.05) is 36.4 Å². The molecule has 2 heterocycles. The summed E-state index contributed by atoms with van der Waals surface area (Å²) in [6, 6.07) is 15.9. The summed E-state index contributed by atoms with van der Waals surface area (Å²) >= 11 is 0. The summed E-state index contributed by atoms with van der Waals surface area (Å²) in [6.45, 7) is 2.06. The van der Waals surface area contributed by atoms with Crippen LogP contribution < -0.4 is 10.2 Å². The maximum absolute atomic E-state index is 13.5. The molecule has 6 atom stereocenters. The largest absolute Gasteiger partial charge is 0.296 e. The molecule has 6 unspecified atom stereocenters. The lowest BCUT2D eigenvalue weighted by molar-refractivity contribution is -0.137. The average Bonchev–Trinajstić information content (AvgIpc) is 3.07. The highest BCUT2D eigenvalue weighted by atomic mass is 16.2. The van der Waals surface area contributed by atoms with Crippen LogP contribution in [0, 0.1) is 42.4 Å². The second-order valence-electron chi connectivity index (χ2n) is 9.70. The number of carbonyl (C=O) groups is 4. The number of hydrogen-bond donors (Lipinski definition) is 1. The van der Waals surface area contributed by atoms with Crippen molar-refractivity contribution >= 4 is 29.3 Å². The van der Waals surface area contributed by atoms with Crippen LogP contribution >= 0.6 is 0 Å². The molecule has 0 spiro atoms. The second-order valence-corrected chi connectivity index (χ2v) is 9.70. The van der Waals surface area contributed by atoms with Gasteiger partial charge in [-0.1, -0.05) is 54.1 Å². The third-order valence-corrected chi connectivity index (χ3v) is 7.88. The minimum Gasteiger partial charge on any atom is -0.296 e. The molecule has 3 fully saturated rings. The molecular formula is C27H24N2O4. The van der Waals surface area contributed by atoms with E-state index in [1.54, 1.807) is 0 Å². The number of amides is 4. The fourth-order valence-electron chi connectivity index (χ4n) is 6.39. The monoisotopic (exact) mass is 440 g/mol. The Hall–Kier alpha value is -3.54. The molecule has 166 valence electrons. The molecule has 6 nitrogen and oxygen atoms in total. The molecule has 6 heteroatoms. The normalized spacial score (nSPS) is 32.1. The van der Waals surface area contributed by atoms with Crippen LogP contribution in [-0.2, 0) is 25.6 Å². The van der Waals surface area contributed by atoms with E-state index in [0.717, 1.165) is 12.0 Å². The van der Waals surface area contributed by atoms with Gasteiger partial charge in [0, 0.05) is 5.92 Å². The molecule has 4 amide bonds. The van der Waals surface area contributed by atoms with Gasteiger partial charge in [0.15, 0.2) is 0 Å². The number of imide groups is 2. The molecule has 7 rings (SSSR count). The van der Waals surface area contributed by atoms with Crippen LogP contribution in [0.5, 0.6) is 0 Å². The van der Waals surface area contributed by atoms with Crippen molar-refractivity contribution in [3.63, 3.8) is 0 Å². The lowest BCUT2D eigenvalue weighted by Crippen LogP contribution is -2.47. The van der Waals surface area contributed by atoms with Crippen LogP contribution in [0.15, 0.2) is 60.7 Å². The Morgan fingerprint density at radius 3 is 2.09 bits per heavy atom. The lowest BCUT2D eigenvalue weighted by Gasteiger charge is -2.39.